The van der Waals surface area contributed by atoms with Crippen LogP contribution in [0.5, 0.6) is 23.0 Å². The molecular formula is C27H32N2O4. The molecule has 0 bridgehead atoms. The van der Waals surface area contributed by atoms with Crippen LogP contribution in [0.2, 0.25) is 0 Å². The Bertz CT molecular complexity index is 1000. The van der Waals surface area contributed by atoms with E-state index in [1.54, 1.807) is 25.3 Å². The molecule has 3 aromatic carbocycles. The van der Waals surface area contributed by atoms with Crippen molar-refractivity contribution in [2.75, 3.05) is 39.1 Å². The predicted octanol–water partition coefficient (Wildman–Crippen LogP) is 4.69. The normalized spacial score (nSPS) is 15.7. The predicted molar refractivity (Wildman–Crippen MR) is 130 cm³/mol. The molecule has 6 nitrogen and oxygen atoms in total. The van der Waals surface area contributed by atoms with Gasteiger partial charge in [-0.25, -0.2) is 0 Å². The van der Waals surface area contributed by atoms with Gasteiger partial charge in [-0.05, 0) is 73.8 Å². The van der Waals surface area contributed by atoms with Gasteiger partial charge in [-0.15, -0.1) is 0 Å². The Balaban J connectivity index is 1.22. The van der Waals surface area contributed by atoms with Crippen molar-refractivity contribution in [1.29, 1.82) is 0 Å². The van der Waals surface area contributed by atoms with Gasteiger partial charge in [-0.3, -0.25) is 0 Å². The van der Waals surface area contributed by atoms with E-state index in [1.807, 2.05) is 42.5 Å². The van der Waals surface area contributed by atoms with E-state index in [1.165, 1.54) is 5.56 Å². The molecule has 1 heterocycles. The molecule has 1 aliphatic rings. The first kappa shape index (κ1) is 23.0. The van der Waals surface area contributed by atoms with Crippen LogP contribution in [-0.2, 0) is 0 Å². The first-order valence-electron chi connectivity index (χ1n) is 11.4. The van der Waals surface area contributed by atoms with Crippen LogP contribution in [0.15, 0.2) is 72.8 Å². The molecule has 0 spiro atoms. The quantitative estimate of drug-likeness (QED) is 0.463. The maximum Gasteiger partial charge on any atom is 0.163 e. The minimum absolute atomic E-state index is 0.197. The number of anilines is 1. The fourth-order valence-corrected chi connectivity index (χ4v) is 4.22. The fourth-order valence-electron chi connectivity index (χ4n) is 4.22. The van der Waals surface area contributed by atoms with Crippen molar-refractivity contribution < 1.29 is 19.3 Å². The zero-order valence-corrected chi connectivity index (χ0v) is 19.0. The lowest BCUT2D eigenvalue weighted by molar-refractivity contribution is 0.0586. The first-order chi connectivity index (χ1) is 16.1. The molecule has 6 heteroatoms. The maximum absolute atomic E-state index is 10.5. The smallest absolute Gasteiger partial charge is 0.163 e. The van der Waals surface area contributed by atoms with E-state index in [0.717, 1.165) is 37.4 Å². The highest BCUT2D eigenvalue weighted by Crippen LogP contribution is 2.31. The summed E-state index contributed by atoms with van der Waals surface area (Å²) in [7, 11) is 1.59. The van der Waals surface area contributed by atoms with Gasteiger partial charge >= 0.3 is 0 Å². The van der Waals surface area contributed by atoms with Crippen molar-refractivity contribution in [3.05, 3.63) is 78.4 Å². The van der Waals surface area contributed by atoms with Crippen molar-refractivity contribution in [1.82, 2.24) is 4.90 Å². The highest BCUT2D eigenvalue weighted by molar-refractivity contribution is 5.51. The van der Waals surface area contributed by atoms with Crippen LogP contribution in [0, 0.1) is 0 Å². The van der Waals surface area contributed by atoms with E-state index in [9.17, 15) is 5.11 Å². The SMILES string of the molecule is COc1ccc(N)cc1OCC(O)CN1CCC(c2ccc(Oc3ccccc3)cc2)CC1. The van der Waals surface area contributed by atoms with E-state index in [4.69, 9.17) is 19.9 Å². The summed E-state index contributed by atoms with van der Waals surface area (Å²) in [6, 6.07) is 23.5. The van der Waals surface area contributed by atoms with E-state index in [0.29, 0.717) is 29.6 Å². The molecule has 33 heavy (non-hydrogen) atoms. The molecule has 174 valence electrons. The maximum atomic E-state index is 10.5. The van der Waals surface area contributed by atoms with E-state index < -0.39 is 6.10 Å². The van der Waals surface area contributed by atoms with E-state index >= 15 is 0 Å². The van der Waals surface area contributed by atoms with Crippen LogP contribution in [-0.4, -0.2) is 49.5 Å². The van der Waals surface area contributed by atoms with Crippen LogP contribution in [0.3, 0.4) is 0 Å². The van der Waals surface area contributed by atoms with Crippen molar-refractivity contribution in [3.63, 3.8) is 0 Å². The molecule has 1 aliphatic heterocycles. The summed E-state index contributed by atoms with van der Waals surface area (Å²) in [4.78, 5) is 2.30. The number of rotatable bonds is 9. The highest BCUT2D eigenvalue weighted by atomic mass is 16.5. The standard InChI is InChI=1S/C27H32N2O4/c1-31-26-12-9-22(28)17-27(26)32-19-23(30)18-29-15-13-21(14-16-29)20-7-10-25(11-8-20)33-24-5-3-2-4-6-24/h2-12,17,21,23,30H,13-16,18-19,28H2,1H3. The number of likely N-dealkylation sites (tertiary alicyclic amines) is 1. The number of ether oxygens (including phenoxy) is 3. The minimum atomic E-state index is -0.581. The number of benzene rings is 3. The van der Waals surface area contributed by atoms with Gasteiger partial charge in [0, 0.05) is 18.3 Å². The molecule has 0 radical (unpaired) electrons. The van der Waals surface area contributed by atoms with E-state index in [2.05, 4.69) is 17.0 Å². The zero-order chi connectivity index (χ0) is 23.0. The summed E-state index contributed by atoms with van der Waals surface area (Å²) in [6.45, 7) is 2.68. The zero-order valence-electron chi connectivity index (χ0n) is 19.0. The Morgan fingerprint density at radius 3 is 2.33 bits per heavy atom. The number of para-hydroxylation sites is 1. The summed E-state index contributed by atoms with van der Waals surface area (Å²) >= 11 is 0. The number of hydrogen-bond donors (Lipinski definition) is 2. The lowest BCUT2D eigenvalue weighted by atomic mass is 9.89. The molecule has 0 aliphatic carbocycles. The van der Waals surface area contributed by atoms with Gasteiger partial charge in [-0.1, -0.05) is 30.3 Å². The summed E-state index contributed by atoms with van der Waals surface area (Å²) in [5.74, 6) is 3.38. The van der Waals surface area contributed by atoms with Crippen molar-refractivity contribution in [3.8, 4) is 23.0 Å². The second-order valence-electron chi connectivity index (χ2n) is 8.43. The van der Waals surface area contributed by atoms with Gasteiger partial charge in [-0.2, -0.15) is 0 Å². The van der Waals surface area contributed by atoms with Gasteiger partial charge in [0.15, 0.2) is 11.5 Å². The molecular weight excluding hydrogens is 416 g/mol. The van der Waals surface area contributed by atoms with Crippen LogP contribution in [0.1, 0.15) is 24.3 Å². The molecule has 1 atom stereocenters. The third-order valence-electron chi connectivity index (χ3n) is 6.01. The first-order valence-corrected chi connectivity index (χ1v) is 11.4. The van der Waals surface area contributed by atoms with Crippen LogP contribution < -0.4 is 19.9 Å². The number of nitrogens with zero attached hydrogens (tertiary/aromatic N) is 1. The van der Waals surface area contributed by atoms with Gasteiger partial charge < -0.3 is 30.0 Å². The Morgan fingerprint density at radius 1 is 0.939 bits per heavy atom. The van der Waals surface area contributed by atoms with Gasteiger partial charge in [0.2, 0.25) is 0 Å². The number of hydrogen-bond acceptors (Lipinski definition) is 6. The number of aliphatic hydroxyl groups excluding tert-OH is 1. The third kappa shape index (κ3) is 6.40. The number of β-amino-alcohol motifs (C(OH)–C–C–N with tert-alkyl or cyclic N) is 1. The molecule has 1 saturated heterocycles. The van der Waals surface area contributed by atoms with Gasteiger partial charge in [0.25, 0.3) is 0 Å². The molecule has 1 fully saturated rings. The van der Waals surface area contributed by atoms with Gasteiger partial charge in [0.1, 0.15) is 24.2 Å². The van der Waals surface area contributed by atoms with Crippen LogP contribution in [0.25, 0.3) is 0 Å². The summed E-state index contributed by atoms with van der Waals surface area (Å²) in [6.07, 6.45) is 1.55. The number of aliphatic hydroxyl groups is 1. The molecule has 4 rings (SSSR count). The molecule has 0 saturated carbocycles. The van der Waals surface area contributed by atoms with E-state index in [-0.39, 0.29) is 6.61 Å². The molecule has 0 aromatic heterocycles. The molecule has 3 aromatic rings. The second kappa shape index (κ2) is 11.1. The van der Waals surface area contributed by atoms with Crippen molar-refractivity contribution in [2.45, 2.75) is 24.9 Å². The van der Waals surface area contributed by atoms with Gasteiger partial charge in [0.05, 0.1) is 7.11 Å². The molecule has 0 amide bonds. The lowest BCUT2D eigenvalue weighted by Crippen LogP contribution is -2.40. The Kier molecular flexibility index (Phi) is 7.70. The Labute approximate surface area is 195 Å². The minimum Gasteiger partial charge on any atom is -0.493 e. The van der Waals surface area contributed by atoms with Crippen LogP contribution in [0.4, 0.5) is 5.69 Å². The summed E-state index contributed by atoms with van der Waals surface area (Å²) < 4.78 is 17.0. The monoisotopic (exact) mass is 448 g/mol. The number of nitrogens with two attached hydrogens (primary N) is 1. The second-order valence-corrected chi connectivity index (χ2v) is 8.43. The Morgan fingerprint density at radius 2 is 1.64 bits per heavy atom. The number of nitrogen functional groups attached to an aromatic ring is 1. The summed E-state index contributed by atoms with van der Waals surface area (Å²) in [5.41, 5.74) is 7.77. The van der Waals surface area contributed by atoms with Crippen LogP contribution >= 0.6 is 0 Å². The third-order valence-corrected chi connectivity index (χ3v) is 6.01. The highest BCUT2D eigenvalue weighted by Gasteiger charge is 2.22. The average Bonchev–Trinajstić information content (AvgIpc) is 2.84. The van der Waals surface area contributed by atoms with Crippen molar-refractivity contribution in [2.24, 2.45) is 0 Å². The topological polar surface area (TPSA) is 77.2 Å². The van der Waals surface area contributed by atoms with Crippen molar-refractivity contribution >= 4 is 5.69 Å². The largest absolute Gasteiger partial charge is 0.493 e. The molecule has 3 N–H and O–H groups in total. The lowest BCUT2D eigenvalue weighted by Gasteiger charge is -2.33. The number of methoxy groups -OCH3 is 1. The molecule has 1 unspecified atom stereocenters. The average molecular weight is 449 g/mol. The number of piperidine rings is 1. The fraction of sp³-hybridized carbons (Fsp3) is 0.333. The Hall–Kier alpha value is -3.22. The summed E-state index contributed by atoms with van der Waals surface area (Å²) in [5, 5.41) is 10.5.